The molecule has 0 unspecified atom stereocenters. The van der Waals surface area contributed by atoms with Crippen molar-refractivity contribution < 1.29 is 13.7 Å². The summed E-state index contributed by atoms with van der Waals surface area (Å²) in [5, 5.41) is 3.77. The lowest BCUT2D eigenvalue weighted by molar-refractivity contribution is 0.272. The quantitative estimate of drug-likeness (QED) is 0.880. The van der Waals surface area contributed by atoms with E-state index in [-0.39, 0.29) is 18.4 Å². The van der Waals surface area contributed by atoms with E-state index < -0.39 is 5.82 Å². The summed E-state index contributed by atoms with van der Waals surface area (Å²) in [6, 6.07) is 4.45. The molecule has 0 radical (unpaired) electrons. The molecule has 2 N–H and O–H groups in total. The van der Waals surface area contributed by atoms with Gasteiger partial charge in [-0.25, -0.2) is 4.39 Å². The number of aryl methyl sites for hydroxylation is 1. The molecule has 0 aliphatic carbocycles. The maximum Gasteiger partial charge on any atom is 0.226 e. The number of nitrogens with two attached hydrogens (primary N) is 1. The first-order chi connectivity index (χ1) is 9.60. The van der Waals surface area contributed by atoms with Gasteiger partial charge in [0.25, 0.3) is 0 Å². The van der Waals surface area contributed by atoms with Gasteiger partial charge in [-0.1, -0.05) is 18.1 Å². The third-order valence-electron chi connectivity index (χ3n) is 2.81. The van der Waals surface area contributed by atoms with Gasteiger partial charge in [0.15, 0.2) is 18.2 Å². The predicted octanol–water partition coefficient (Wildman–Crippen LogP) is 2.76. The van der Waals surface area contributed by atoms with E-state index >= 15 is 0 Å². The third-order valence-corrected chi connectivity index (χ3v) is 2.81. The molecule has 0 saturated heterocycles. The SMILES string of the molecule is CCCc1nc(COc2ccc([C@@H](C)N)cc2F)no1. The zero-order valence-corrected chi connectivity index (χ0v) is 11.6. The van der Waals surface area contributed by atoms with E-state index in [1.807, 2.05) is 6.92 Å². The maximum atomic E-state index is 13.8. The Bertz CT molecular complexity index is 569. The van der Waals surface area contributed by atoms with Crippen molar-refractivity contribution in [2.75, 3.05) is 0 Å². The average molecular weight is 279 g/mol. The highest BCUT2D eigenvalue weighted by Gasteiger charge is 2.10. The van der Waals surface area contributed by atoms with Crippen LogP contribution in [-0.4, -0.2) is 10.1 Å². The standard InChI is InChI=1S/C14H18FN3O2/c1-3-4-14-17-13(18-20-14)8-19-12-6-5-10(9(2)16)7-11(12)15/h5-7,9H,3-4,8,16H2,1-2H3/t9-/m1/s1. The van der Waals surface area contributed by atoms with Crippen LogP contribution in [0.15, 0.2) is 22.7 Å². The van der Waals surface area contributed by atoms with Gasteiger partial charge in [0.2, 0.25) is 11.7 Å². The molecule has 0 aliphatic rings. The van der Waals surface area contributed by atoms with Gasteiger partial charge < -0.3 is 15.0 Å². The zero-order chi connectivity index (χ0) is 14.5. The predicted molar refractivity (Wildman–Crippen MR) is 71.6 cm³/mol. The molecule has 2 aromatic rings. The minimum Gasteiger partial charge on any atom is -0.482 e. The summed E-state index contributed by atoms with van der Waals surface area (Å²) in [6.07, 6.45) is 1.65. The monoisotopic (exact) mass is 279 g/mol. The Morgan fingerprint density at radius 3 is 2.90 bits per heavy atom. The lowest BCUT2D eigenvalue weighted by Crippen LogP contribution is -2.06. The van der Waals surface area contributed by atoms with Crippen molar-refractivity contribution in [2.24, 2.45) is 5.73 Å². The van der Waals surface area contributed by atoms with Crippen LogP contribution in [0.25, 0.3) is 0 Å². The Morgan fingerprint density at radius 1 is 1.45 bits per heavy atom. The zero-order valence-electron chi connectivity index (χ0n) is 11.6. The molecule has 1 aromatic carbocycles. The van der Waals surface area contributed by atoms with Crippen LogP contribution >= 0.6 is 0 Å². The summed E-state index contributed by atoms with van der Waals surface area (Å²) in [7, 11) is 0. The molecule has 0 fully saturated rings. The second-order valence-electron chi connectivity index (χ2n) is 4.62. The van der Waals surface area contributed by atoms with Crippen LogP contribution < -0.4 is 10.5 Å². The number of hydrogen-bond acceptors (Lipinski definition) is 5. The van der Waals surface area contributed by atoms with E-state index in [9.17, 15) is 4.39 Å². The number of rotatable bonds is 6. The molecular formula is C14H18FN3O2. The van der Waals surface area contributed by atoms with Crippen molar-refractivity contribution in [1.29, 1.82) is 0 Å². The minimum atomic E-state index is -0.447. The summed E-state index contributed by atoms with van der Waals surface area (Å²) in [6.45, 7) is 3.89. The van der Waals surface area contributed by atoms with Crippen molar-refractivity contribution in [3.63, 3.8) is 0 Å². The Balaban J connectivity index is 1.99. The van der Waals surface area contributed by atoms with E-state index in [1.165, 1.54) is 6.07 Å². The first-order valence-electron chi connectivity index (χ1n) is 6.59. The highest BCUT2D eigenvalue weighted by molar-refractivity contribution is 5.30. The normalized spacial score (nSPS) is 12.4. The average Bonchev–Trinajstić information content (AvgIpc) is 2.85. The smallest absolute Gasteiger partial charge is 0.226 e. The van der Waals surface area contributed by atoms with E-state index in [4.69, 9.17) is 15.0 Å². The van der Waals surface area contributed by atoms with Crippen molar-refractivity contribution in [2.45, 2.75) is 39.3 Å². The van der Waals surface area contributed by atoms with Crippen molar-refractivity contribution in [3.05, 3.63) is 41.3 Å². The maximum absolute atomic E-state index is 13.8. The molecule has 108 valence electrons. The van der Waals surface area contributed by atoms with Gasteiger partial charge in [-0.15, -0.1) is 0 Å². The fraction of sp³-hybridized carbons (Fsp3) is 0.429. The Labute approximate surface area is 116 Å². The van der Waals surface area contributed by atoms with Gasteiger partial charge >= 0.3 is 0 Å². The van der Waals surface area contributed by atoms with Crippen molar-refractivity contribution >= 4 is 0 Å². The van der Waals surface area contributed by atoms with Crippen LogP contribution in [-0.2, 0) is 13.0 Å². The second-order valence-corrected chi connectivity index (χ2v) is 4.62. The second kappa shape index (κ2) is 6.47. The number of benzene rings is 1. The molecule has 0 amide bonds. The van der Waals surface area contributed by atoms with E-state index in [1.54, 1.807) is 19.1 Å². The fourth-order valence-corrected chi connectivity index (χ4v) is 1.72. The Morgan fingerprint density at radius 2 is 2.25 bits per heavy atom. The number of nitrogens with zero attached hydrogens (tertiary/aromatic N) is 2. The van der Waals surface area contributed by atoms with Gasteiger partial charge in [-0.05, 0) is 31.0 Å². The number of ether oxygens (including phenoxy) is 1. The van der Waals surface area contributed by atoms with Gasteiger partial charge in [0.05, 0.1) is 0 Å². The summed E-state index contributed by atoms with van der Waals surface area (Å²) >= 11 is 0. The third kappa shape index (κ3) is 3.54. The first-order valence-corrected chi connectivity index (χ1v) is 6.59. The number of halogens is 1. The van der Waals surface area contributed by atoms with Gasteiger partial charge in [0, 0.05) is 12.5 Å². The van der Waals surface area contributed by atoms with Crippen LogP contribution in [0.1, 0.15) is 43.6 Å². The number of aromatic nitrogens is 2. The molecule has 6 heteroatoms. The summed E-state index contributed by atoms with van der Waals surface area (Å²) in [5.41, 5.74) is 6.41. The molecule has 0 spiro atoms. The van der Waals surface area contributed by atoms with Gasteiger partial charge in [-0.3, -0.25) is 0 Å². The largest absolute Gasteiger partial charge is 0.482 e. The first kappa shape index (κ1) is 14.5. The molecule has 2 rings (SSSR count). The van der Waals surface area contributed by atoms with Crippen LogP contribution in [0.5, 0.6) is 5.75 Å². The van der Waals surface area contributed by atoms with Gasteiger partial charge in [0.1, 0.15) is 0 Å². The molecule has 0 saturated carbocycles. The highest BCUT2D eigenvalue weighted by atomic mass is 19.1. The summed E-state index contributed by atoms with van der Waals surface area (Å²) < 4.78 is 24.2. The minimum absolute atomic E-state index is 0.0711. The van der Waals surface area contributed by atoms with E-state index in [2.05, 4.69) is 10.1 Å². The van der Waals surface area contributed by atoms with Crippen molar-refractivity contribution in [1.82, 2.24) is 10.1 Å². The van der Waals surface area contributed by atoms with Crippen LogP contribution in [0.3, 0.4) is 0 Å². The molecule has 5 nitrogen and oxygen atoms in total. The molecule has 1 atom stereocenters. The van der Waals surface area contributed by atoms with Crippen LogP contribution in [0.2, 0.25) is 0 Å². The highest BCUT2D eigenvalue weighted by Crippen LogP contribution is 2.21. The van der Waals surface area contributed by atoms with E-state index in [0.717, 1.165) is 18.4 Å². The van der Waals surface area contributed by atoms with E-state index in [0.29, 0.717) is 11.7 Å². The molecule has 20 heavy (non-hydrogen) atoms. The Kier molecular flexibility index (Phi) is 4.68. The van der Waals surface area contributed by atoms with Gasteiger partial charge in [-0.2, -0.15) is 4.98 Å². The Hall–Kier alpha value is -1.95. The molecule has 1 heterocycles. The fourth-order valence-electron chi connectivity index (χ4n) is 1.72. The molecule has 0 aliphatic heterocycles. The number of hydrogen-bond donors (Lipinski definition) is 1. The summed E-state index contributed by atoms with van der Waals surface area (Å²) in [4.78, 5) is 4.15. The topological polar surface area (TPSA) is 74.2 Å². The van der Waals surface area contributed by atoms with Crippen LogP contribution in [0, 0.1) is 5.82 Å². The molecule has 0 bridgehead atoms. The lowest BCUT2D eigenvalue weighted by atomic mass is 10.1. The van der Waals surface area contributed by atoms with Crippen LogP contribution in [0.4, 0.5) is 4.39 Å². The molecule has 1 aromatic heterocycles. The molecular weight excluding hydrogens is 261 g/mol. The van der Waals surface area contributed by atoms with Crippen molar-refractivity contribution in [3.8, 4) is 5.75 Å². The lowest BCUT2D eigenvalue weighted by Gasteiger charge is -2.09. The summed E-state index contributed by atoms with van der Waals surface area (Å²) in [5.74, 6) is 0.677.